The number of carbonyl (C=O) groups is 3. The zero-order chi connectivity index (χ0) is 34.1. The fourth-order valence-electron chi connectivity index (χ4n) is 4.88. The highest BCUT2D eigenvalue weighted by atomic mass is 32.2. The number of rotatable bonds is 15. The number of methoxy groups -OCH3 is 1. The molecule has 250 valence electrons. The standard InChI is InChI=1S/C36H35F2N3O6S/c1-23(42)48-19-7-5-3-4-6-18-46-33-22-29-27(21-32(33)45-2)30(14-17-39-29)47-31-13-12-26(20-28(31)38)41-35(44)36(15-16-36)34(43)40-25-10-8-24(37)9-11-25/h3-4,8-14,17,20-22H,5-7,15-16,18-19H2,1-2H3,(H,40,43)(H,41,44)/b4-3+. The first-order valence-electron chi connectivity index (χ1n) is 15.4. The van der Waals surface area contributed by atoms with Gasteiger partial charge in [0.05, 0.1) is 19.2 Å². The second-order valence-corrected chi connectivity index (χ2v) is 12.4. The second kappa shape index (κ2) is 15.7. The molecule has 0 saturated heterocycles. The Bertz CT molecular complexity index is 1830. The lowest BCUT2D eigenvalue weighted by Crippen LogP contribution is -2.35. The third-order valence-electron chi connectivity index (χ3n) is 7.65. The van der Waals surface area contributed by atoms with Crippen molar-refractivity contribution in [2.45, 2.75) is 39.0 Å². The van der Waals surface area contributed by atoms with Crippen LogP contribution in [0.2, 0.25) is 0 Å². The monoisotopic (exact) mass is 675 g/mol. The minimum Gasteiger partial charge on any atom is -0.493 e. The van der Waals surface area contributed by atoms with Gasteiger partial charge in [-0.1, -0.05) is 23.9 Å². The minimum absolute atomic E-state index is 0.0818. The molecule has 0 aliphatic heterocycles. The molecule has 0 unspecified atom stereocenters. The van der Waals surface area contributed by atoms with Crippen LogP contribution in [0.5, 0.6) is 23.0 Å². The third kappa shape index (κ3) is 8.68. The maximum atomic E-state index is 15.2. The molecule has 1 aliphatic rings. The number of anilines is 2. The molecule has 1 fully saturated rings. The van der Waals surface area contributed by atoms with Crippen LogP contribution in [0.3, 0.4) is 0 Å². The Morgan fingerprint density at radius 1 is 0.875 bits per heavy atom. The molecule has 12 heteroatoms. The van der Waals surface area contributed by atoms with Crippen molar-refractivity contribution in [3.63, 3.8) is 0 Å². The number of hydrogen-bond acceptors (Lipinski definition) is 8. The number of benzene rings is 3. The zero-order valence-electron chi connectivity index (χ0n) is 26.5. The van der Waals surface area contributed by atoms with E-state index in [1.54, 1.807) is 31.3 Å². The van der Waals surface area contributed by atoms with Crippen molar-refractivity contribution in [3.05, 3.63) is 90.6 Å². The van der Waals surface area contributed by atoms with E-state index in [4.69, 9.17) is 14.2 Å². The summed E-state index contributed by atoms with van der Waals surface area (Å²) in [6, 6.07) is 14.3. The lowest BCUT2D eigenvalue weighted by atomic mass is 10.0. The molecular weight excluding hydrogens is 640 g/mol. The maximum absolute atomic E-state index is 15.2. The van der Waals surface area contributed by atoms with E-state index < -0.39 is 28.9 Å². The van der Waals surface area contributed by atoms with Gasteiger partial charge in [0.25, 0.3) is 0 Å². The van der Waals surface area contributed by atoms with Gasteiger partial charge in [0.1, 0.15) is 17.0 Å². The van der Waals surface area contributed by atoms with Crippen LogP contribution in [0.15, 0.2) is 79.0 Å². The van der Waals surface area contributed by atoms with Crippen molar-refractivity contribution in [3.8, 4) is 23.0 Å². The van der Waals surface area contributed by atoms with Gasteiger partial charge in [0, 0.05) is 47.8 Å². The summed E-state index contributed by atoms with van der Waals surface area (Å²) in [5.74, 6) is -0.208. The molecule has 1 aromatic heterocycles. The summed E-state index contributed by atoms with van der Waals surface area (Å²) in [5.41, 5.74) is -0.198. The number of carbonyl (C=O) groups excluding carboxylic acids is 3. The molecule has 48 heavy (non-hydrogen) atoms. The lowest BCUT2D eigenvalue weighted by Gasteiger charge is -2.16. The van der Waals surface area contributed by atoms with Crippen molar-refractivity contribution < 1.29 is 37.4 Å². The number of hydrogen-bond donors (Lipinski definition) is 2. The number of nitrogens with zero attached hydrogens (tertiary/aromatic N) is 1. The van der Waals surface area contributed by atoms with Crippen LogP contribution in [-0.2, 0) is 14.4 Å². The lowest BCUT2D eigenvalue weighted by molar-refractivity contribution is -0.131. The van der Waals surface area contributed by atoms with Crippen LogP contribution >= 0.6 is 11.8 Å². The van der Waals surface area contributed by atoms with E-state index in [0.717, 1.165) is 24.7 Å². The fraction of sp³-hybridized carbons (Fsp3) is 0.278. The van der Waals surface area contributed by atoms with Crippen LogP contribution in [0, 0.1) is 17.0 Å². The first-order valence-corrected chi connectivity index (χ1v) is 16.4. The number of unbranched alkanes of at least 4 members (excludes halogenated alkanes) is 1. The molecule has 1 saturated carbocycles. The molecule has 0 atom stereocenters. The highest BCUT2D eigenvalue weighted by Gasteiger charge is 2.56. The Hall–Kier alpha value is -4.97. The van der Waals surface area contributed by atoms with Crippen molar-refractivity contribution in [2.75, 3.05) is 30.1 Å². The number of nitrogens with one attached hydrogen (secondary N) is 2. The van der Waals surface area contributed by atoms with Crippen LogP contribution in [0.25, 0.3) is 10.9 Å². The Balaban J connectivity index is 1.20. The molecule has 5 rings (SSSR count). The molecule has 3 aromatic carbocycles. The minimum atomic E-state index is -1.29. The van der Waals surface area contributed by atoms with Crippen LogP contribution in [0.1, 0.15) is 39.0 Å². The van der Waals surface area contributed by atoms with Gasteiger partial charge >= 0.3 is 0 Å². The number of aromatic nitrogens is 1. The number of thioether (sulfide) groups is 1. The van der Waals surface area contributed by atoms with Crippen molar-refractivity contribution in [1.29, 1.82) is 0 Å². The van der Waals surface area contributed by atoms with Gasteiger partial charge in [0.15, 0.2) is 28.2 Å². The van der Waals surface area contributed by atoms with Crippen LogP contribution < -0.4 is 24.8 Å². The number of fused-ring (bicyclic) bond motifs is 1. The topological polar surface area (TPSA) is 116 Å². The molecule has 0 bridgehead atoms. The van der Waals surface area contributed by atoms with Gasteiger partial charge in [-0.2, -0.15) is 0 Å². The predicted octanol–water partition coefficient (Wildman–Crippen LogP) is 8.06. The SMILES string of the molecule is COc1cc2c(Oc3ccc(NC(=O)C4(C(=O)Nc5ccc(F)cc5)CC4)cc3F)ccnc2cc1OCC/C=C/CCCSC(C)=O. The Kier molecular flexibility index (Phi) is 11.3. The molecule has 4 aromatic rings. The van der Waals surface area contributed by atoms with Crippen molar-refractivity contribution in [1.82, 2.24) is 4.98 Å². The summed E-state index contributed by atoms with van der Waals surface area (Å²) in [4.78, 5) is 41.3. The van der Waals surface area contributed by atoms with Gasteiger partial charge in [-0.15, -0.1) is 0 Å². The predicted molar refractivity (Wildman–Crippen MR) is 182 cm³/mol. The quantitative estimate of drug-likeness (QED) is 0.0739. The fourth-order valence-corrected chi connectivity index (χ4v) is 5.47. The zero-order valence-corrected chi connectivity index (χ0v) is 27.3. The molecule has 2 amide bonds. The number of amides is 2. The highest BCUT2D eigenvalue weighted by Crippen LogP contribution is 2.47. The normalized spacial score (nSPS) is 13.2. The van der Waals surface area contributed by atoms with Gasteiger partial charge in [-0.3, -0.25) is 19.4 Å². The molecule has 1 heterocycles. The van der Waals surface area contributed by atoms with E-state index in [1.807, 2.05) is 6.08 Å². The van der Waals surface area contributed by atoms with E-state index in [1.165, 1.54) is 55.3 Å². The highest BCUT2D eigenvalue weighted by molar-refractivity contribution is 8.13. The number of pyridine rings is 1. The summed E-state index contributed by atoms with van der Waals surface area (Å²) < 4.78 is 45.9. The van der Waals surface area contributed by atoms with E-state index in [0.29, 0.717) is 59.7 Å². The average molecular weight is 676 g/mol. The summed E-state index contributed by atoms with van der Waals surface area (Å²) in [7, 11) is 1.52. The summed E-state index contributed by atoms with van der Waals surface area (Å²) in [6.07, 6.45) is 8.84. The average Bonchev–Trinajstić information content (AvgIpc) is 3.88. The van der Waals surface area contributed by atoms with E-state index in [2.05, 4.69) is 21.7 Å². The largest absolute Gasteiger partial charge is 0.493 e. The molecule has 1 aliphatic carbocycles. The molecular formula is C36H35F2N3O6S. The molecule has 9 nitrogen and oxygen atoms in total. The maximum Gasteiger partial charge on any atom is 0.240 e. The smallest absolute Gasteiger partial charge is 0.240 e. The third-order valence-corrected chi connectivity index (χ3v) is 8.55. The van der Waals surface area contributed by atoms with Gasteiger partial charge in [-0.05, 0) is 80.6 Å². The first kappa shape index (κ1) is 34.4. The van der Waals surface area contributed by atoms with E-state index in [-0.39, 0.29) is 16.6 Å². The van der Waals surface area contributed by atoms with Crippen molar-refractivity contribution in [2.24, 2.45) is 5.41 Å². The summed E-state index contributed by atoms with van der Waals surface area (Å²) >= 11 is 1.33. The van der Waals surface area contributed by atoms with Crippen molar-refractivity contribution >= 4 is 51.0 Å². The van der Waals surface area contributed by atoms with Gasteiger partial charge in [0.2, 0.25) is 11.8 Å². The Labute approximate surface area is 281 Å². The number of halogens is 2. The van der Waals surface area contributed by atoms with E-state index in [9.17, 15) is 18.8 Å². The van der Waals surface area contributed by atoms with Gasteiger partial charge in [-0.25, -0.2) is 8.78 Å². The Morgan fingerprint density at radius 2 is 1.58 bits per heavy atom. The number of ether oxygens (including phenoxy) is 3. The Morgan fingerprint density at radius 3 is 2.27 bits per heavy atom. The molecule has 0 radical (unpaired) electrons. The number of allylic oxidation sites excluding steroid dienone is 1. The molecule has 0 spiro atoms. The second-order valence-electron chi connectivity index (χ2n) is 11.2. The first-order chi connectivity index (χ1) is 23.2. The van der Waals surface area contributed by atoms with Crippen LogP contribution in [0.4, 0.5) is 20.2 Å². The van der Waals surface area contributed by atoms with Gasteiger partial charge < -0.3 is 24.8 Å². The summed E-state index contributed by atoms with van der Waals surface area (Å²) in [5, 5.41) is 5.98. The molecule has 2 N–H and O–H groups in total. The van der Waals surface area contributed by atoms with Crippen LogP contribution in [-0.4, -0.2) is 41.4 Å². The summed E-state index contributed by atoms with van der Waals surface area (Å²) in [6.45, 7) is 1.99. The van der Waals surface area contributed by atoms with E-state index >= 15 is 4.39 Å².